The number of rotatable bonds is 9. The molecule has 8 heteroatoms. The van der Waals surface area contributed by atoms with Crippen LogP contribution in [0.25, 0.3) is 11.1 Å². The van der Waals surface area contributed by atoms with Gasteiger partial charge in [-0.2, -0.15) is 0 Å². The number of hydrogen-bond acceptors (Lipinski definition) is 5. The molecular weight excluding hydrogens is 448 g/mol. The van der Waals surface area contributed by atoms with Crippen LogP contribution in [-0.2, 0) is 19.1 Å². The number of carbonyl (C=O) groups is 3. The van der Waals surface area contributed by atoms with Gasteiger partial charge in [-0.25, -0.2) is 4.79 Å². The van der Waals surface area contributed by atoms with E-state index in [4.69, 9.17) is 14.6 Å². The monoisotopic (exact) mass is 478 g/mol. The summed E-state index contributed by atoms with van der Waals surface area (Å²) in [5, 5.41) is 11.8. The van der Waals surface area contributed by atoms with Crippen molar-refractivity contribution in [1.82, 2.24) is 10.2 Å². The van der Waals surface area contributed by atoms with Gasteiger partial charge in [0.15, 0.2) is 0 Å². The predicted molar refractivity (Wildman–Crippen MR) is 128 cm³/mol. The molecule has 1 saturated heterocycles. The largest absolute Gasteiger partial charge is 0.481 e. The molecule has 2 amide bonds. The first kappa shape index (κ1) is 23.4. The van der Waals surface area contributed by atoms with E-state index in [-0.39, 0.29) is 36.7 Å². The van der Waals surface area contributed by atoms with Gasteiger partial charge in [0.2, 0.25) is 5.91 Å². The van der Waals surface area contributed by atoms with Crippen molar-refractivity contribution < 1.29 is 29.0 Å². The number of ether oxygens (including phenoxy) is 2. The maximum atomic E-state index is 13.1. The minimum Gasteiger partial charge on any atom is -0.481 e. The van der Waals surface area contributed by atoms with E-state index >= 15 is 0 Å². The van der Waals surface area contributed by atoms with Gasteiger partial charge in [0.1, 0.15) is 12.6 Å². The number of carboxylic acid groups (broad SMARTS) is 1. The van der Waals surface area contributed by atoms with Crippen LogP contribution in [0.1, 0.15) is 36.3 Å². The van der Waals surface area contributed by atoms with E-state index in [0.29, 0.717) is 19.1 Å². The minimum atomic E-state index is -1.02. The summed E-state index contributed by atoms with van der Waals surface area (Å²) in [6.45, 7) is 2.02. The third-order valence-corrected chi connectivity index (χ3v) is 7.58. The van der Waals surface area contributed by atoms with Crippen molar-refractivity contribution in [2.24, 2.45) is 11.3 Å². The SMILES string of the molecule is CN(CC12COCC1C2)C(=O)C(CCC(=O)O)NC(=O)OCC1c2ccccc2-c2ccccc21. The summed E-state index contributed by atoms with van der Waals surface area (Å²) in [5.41, 5.74) is 4.45. The van der Waals surface area contributed by atoms with Crippen LogP contribution in [0.3, 0.4) is 0 Å². The van der Waals surface area contributed by atoms with E-state index in [1.54, 1.807) is 11.9 Å². The molecule has 2 aromatic rings. The molecule has 5 rings (SSSR count). The molecule has 3 atom stereocenters. The number of nitrogens with zero attached hydrogens (tertiary/aromatic N) is 1. The van der Waals surface area contributed by atoms with Crippen LogP contribution >= 0.6 is 0 Å². The molecule has 8 nitrogen and oxygen atoms in total. The summed E-state index contributed by atoms with van der Waals surface area (Å²) >= 11 is 0. The van der Waals surface area contributed by atoms with E-state index in [1.807, 2.05) is 36.4 Å². The Bertz CT molecular complexity index is 1100. The number of carboxylic acids is 1. The molecule has 2 aliphatic carbocycles. The number of hydrogen-bond donors (Lipinski definition) is 2. The van der Waals surface area contributed by atoms with Gasteiger partial charge in [-0.15, -0.1) is 0 Å². The van der Waals surface area contributed by atoms with Crippen LogP contribution in [0.5, 0.6) is 0 Å². The lowest BCUT2D eigenvalue weighted by Crippen LogP contribution is -2.49. The highest BCUT2D eigenvalue weighted by Gasteiger charge is 2.59. The summed E-state index contributed by atoms with van der Waals surface area (Å²) in [6.07, 6.45) is 0.0700. The number of amides is 2. The normalized spacial score (nSPS) is 22.5. The molecule has 3 aliphatic rings. The fraction of sp³-hybridized carbons (Fsp3) is 0.444. The molecular formula is C27H30N2O6. The Balaban J connectivity index is 1.23. The zero-order chi connectivity index (χ0) is 24.6. The standard InChI is InChI=1S/C27H30N2O6/c1-29(15-27-12-17(27)13-34-16-27)25(32)23(10-11-24(30)31)28-26(33)35-14-22-20-8-4-2-6-18(20)19-7-3-5-9-21(19)22/h2-9,17,22-23H,10-16H2,1H3,(H,28,33)(H,30,31). The van der Waals surface area contributed by atoms with Gasteiger partial charge in [0, 0.05) is 31.3 Å². The second kappa shape index (κ2) is 9.34. The summed E-state index contributed by atoms with van der Waals surface area (Å²) in [6, 6.07) is 15.1. The van der Waals surface area contributed by atoms with Crippen molar-refractivity contribution in [1.29, 1.82) is 0 Å². The smallest absolute Gasteiger partial charge is 0.407 e. The molecule has 0 bridgehead atoms. The van der Waals surface area contributed by atoms with Crippen molar-refractivity contribution in [2.45, 2.75) is 31.2 Å². The van der Waals surface area contributed by atoms with Crippen LogP contribution in [0.2, 0.25) is 0 Å². The maximum absolute atomic E-state index is 13.1. The van der Waals surface area contributed by atoms with Crippen LogP contribution in [0, 0.1) is 11.3 Å². The van der Waals surface area contributed by atoms with Crippen LogP contribution in [0.4, 0.5) is 4.79 Å². The van der Waals surface area contributed by atoms with E-state index in [2.05, 4.69) is 17.4 Å². The Morgan fingerprint density at radius 1 is 1.14 bits per heavy atom. The average molecular weight is 479 g/mol. The van der Waals surface area contributed by atoms with Gasteiger partial charge >= 0.3 is 12.1 Å². The summed E-state index contributed by atoms with van der Waals surface area (Å²) in [7, 11) is 1.69. The lowest BCUT2D eigenvalue weighted by Gasteiger charge is -2.27. The number of carbonyl (C=O) groups excluding carboxylic acids is 2. The molecule has 184 valence electrons. The molecule has 1 aliphatic heterocycles. The molecule has 3 unspecified atom stereocenters. The fourth-order valence-electron chi connectivity index (χ4n) is 5.61. The maximum Gasteiger partial charge on any atom is 0.407 e. The van der Waals surface area contributed by atoms with Gasteiger partial charge in [0.05, 0.1) is 13.2 Å². The first-order valence-electron chi connectivity index (χ1n) is 12.0. The topological polar surface area (TPSA) is 105 Å². The summed E-state index contributed by atoms with van der Waals surface area (Å²) in [4.78, 5) is 38.7. The van der Waals surface area contributed by atoms with Gasteiger partial charge in [0.25, 0.3) is 0 Å². The number of fused-ring (bicyclic) bond motifs is 4. The van der Waals surface area contributed by atoms with Crippen LogP contribution in [-0.4, -0.2) is 67.4 Å². The molecule has 35 heavy (non-hydrogen) atoms. The molecule has 2 aromatic carbocycles. The van der Waals surface area contributed by atoms with E-state index in [0.717, 1.165) is 35.3 Å². The van der Waals surface area contributed by atoms with E-state index in [9.17, 15) is 14.4 Å². The predicted octanol–water partition coefficient (Wildman–Crippen LogP) is 3.25. The zero-order valence-electron chi connectivity index (χ0n) is 19.7. The Kier molecular flexibility index (Phi) is 6.23. The second-order valence-corrected chi connectivity index (χ2v) is 9.93. The Labute approximate surface area is 204 Å². The number of aliphatic carboxylic acids is 1. The number of likely N-dealkylation sites (N-methyl/N-ethyl adjacent to an activating group) is 1. The highest BCUT2D eigenvalue weighted by atomic mass is 16.5. The number of benzene rings is 2. The third-order valence-electron chi connectivity index (χ3n) is 7.58. The molecule has 1 saturated carbocycles. The van der Waals surface area contributed by atoms with Crippen molar-refractivity contribution in [3.63, 3.8) is 0 Å². The Hall–Kier alpha value is -3.39. The fourth-order valence-corrected chi connectivity index (χ4v) is 5.61. The minimum absolute atomic E-state index is 0.00433. The molecule has 0 radical (unpaired) electrons. The molecule has 2 N–H and O–H groups in total. The zero-order valence-corrected chi connectivity index (χ0v) is 19.7. The van der Waals surface area contributed by atoms with Gasteiger partial charge in [-0.05, 0) is 41.0 Å². The van der Waals surface area contributed by atoms with Crippen molar-refractivity contribution in [2.75, 3.05) is 33.4 Å². The molecule has 1 heterocycles. The third kappa shape index (κ3) is 4.62. The average Bonchev–Trinajstić information content (AvgIpc) is 3.22. The Morgan fingerprint density at radius 2 is 1.80 bits per heavy atom. The summed E-state index contributed by atoms with van der Waals surface area (Å²) in [5.74, 6) is -0.959. The van der Waals surface area contributed by atoms with Crippen molar-refractivity contribution in [3.8, 4) is 11.1 Å². The summed E-state index contributed by atoms with van der Waals surface area (Å²) < 4.78 is 11.1. The lowest BCUT2D eigenvalue weighted by atomic mass is 9.98. The molecule has 2 fully saturated rings. The van der Waals surface area contributed by atoms with Crippen LogP contribution < -0.4 is 5.32 Å². The van der Waals surface area contributed by atoms with Gasteiger partial charge in [-0.1, -0.05) is 48.5 Å². The molecule has 0 spiro atoms. The highest BCUT2D eigenvalue weighted by molar-refractivity contribution is 5.86. The lowest BCUT2D eigenvalue weighted by molar-refractivity contribution is -0.138. The Morgan fingerprint density at radius 3 is 2.37 bits per heavy atom. The van der Waals surface area contributed by atoms with E-state index < -0.39 is 18.1 Å². The van der Waals surface area contributed by atoms with Gasteiger partial charge in [-0.3, -0.25) is 9.59 Å². The van der Waals surface area contributed by atoms with Crippen LogP contribution in [0.15, 0.2) is 48.5 Å². The number of nitrogens with one attached hydrogen (secondary N) is 1. The van der Waals surface area contributed by atoms with Crippen molar-refractivity contribution >= 4 is 18.0 Å². The van der Waals surface area contributed by atoms with E-state index in [1.165, 1.54) is 0 Å². The number of alkyl carbamates (subject to hydrolysis) is 1. The van der Waals surface area contributed by atoms with Gasteiger partial charge < -0.3 is 24.8 Å². The first-order valence-corrected chi connectivity index (χ1v) is 12.0. The molecule has 0 aromatic heterocycles. The highest BCUT2D eigenvalue weighted by Crippen LogP contribution is 2.57. The first-order chi connectivity index (χ1) is 16.9. The quantitative estimate of drug-likeness (QED) is 0.573. The second-order valence-electron chi connectivity index (χ2n) is 9.93. The van der Waals surface area contributed by atoms with Crippen molar-refractivity contribution in [3.05, 3.63) is 59.7 Å².